The van der Waals surface area contributed by atoms with Gasteiger partial charge >= 0.3 is 0 Å². The molecular formula is C11H16Cl2N2Si. The van der Waals surface area contributed by atoms with Crippen molar-refractivity contribution >= 4 is 34.0 Å². The zero-order chi connectivity index (χ0) is 11.6. The highest BCUT2D eigenvalue weighted by atomic mass is 35.7. The van der Waals surface area contributed by atoms with Crippen LogP contribution in [0.5, 0.6) is 0 Å². The van der Waals surface area contributed by atoms with E-state index < -0.39 is 6.69 Å². The number of hydrogen-bond acceptors (Lipinski definition) is 2. The van der Waals surface area contributed by atoms with Gasteiger partial charge in [-0.2, -0.15) is 0 Å². The van der Waals surface area contributed by atoms with Crippen LogP contribution >= 0.6 is 22.2 Å². The van der Waals surface area contributed by atoms with Gasteiger partial charge in [0.1, 0.15) is 0 Å². The average Bonchev–Trinajstić information content (AvgIpc) is 2.30. The van der Waals surface area contributed by atoms with E-state index in [0.29, 0.717) is 0 Å². The average molecular weight is 275 g/mol. The first-order chi connectivity index (χ1) is 7.62. The molecule has 5 heteroatoms. The van der Waals surface area contributed by atoms with Gasteiger partial charge in [-0.15, -0.1) is 22.2 Å². The van der Waals surface area contributed by atoms with E-state index in [2.05, 4.69) is 17.3 Å². The molecule has 2 rings (SSSR count). The predicted molar refractivity (Wildman–Crippen MR) is 72.8 cm³/mol. The fraction of sp³-hybridized carbons (Fsp3) is 0.455. The van der Waals surface area contributed by atoms with Crippen molar-refractivity contribution < 1.29 is 0 Å². The summed E-state index contributed by atoms with van der Waals surface area (Å²) in [4.78, 5) is 2.27. The Kier molecular flexibility index (Phi) is 3.92. The van der Waals surface area contributed by atoms with Crippen molar-refractivity contribution in [3.05, 3.63) is 30.3 Å². The Morgan fingerprint density at radius 1 is 1.31 bits per heavy atom. The lowest BCUT2D eigenvalue weighted by Gasteiger charge is -2.39. The summed E-state index contributed by atoms with van der Waals surface area (Å²) in [5.41, 5.74) is 0.243. The molecule has 0 radical (unpaired) electrons. The van der Waals surface area contributed by atoms with Crippen molar-refractivity contribution in [2.45, 2.75) is 5.67 Å². The first kappa shape index (κ1) is 12.4. The topological polar surface area (TPSA) is 15.3 Å². The van der Waals surface area contributed by atoms with Gasteiger partial charge in [0.15, 0.2) is 0 Å². The van der Waals surface area contributed by atoms with Crippen molar-refractivity contribution in [1.82, 2.24) is 10.2 Å². The van der Waals surface area contributed by atoms with Crippen LogP contribution in [0, 0.1) is 0 Å². The van der Waals surface area contributed by atoms with Gasteiger partial charge in [0, 0.05) is 25.3 Å². The maximum atomic E-state index is 6.66. The Morgan fingerprint density at radius 2 is 2.00 bits per heavy atom. The molecule has 1 aliphatic heterocycles. The monoisotopic (exact) mass is 274 g/mol. The van der Waals surface area contributed by atoms with Gasteiger partial charge in [0.25, 0.3) is 6.69 Å². The van der Waals surface area contributed by atoms with E-state index in [9.17, 15) is 0 Å². The number of likely N-dealkylation sites (N-methyl/N-ethyl adjacent to an activating group) is 1. The third-order valence-electron chi connectivity index (χ3n) is 3.09. The van der Waals surface area contributed by atoms with E-state index in [1.807, 2.05) is 30.3 Å². The van der Waals surface area contributed by atoms with Crippen molar-refractivity contribution in [1.29, 1.82) is 0 Å². The second kappa shape index (κ2) is 5.06. The summed E-state index contributed by atoms with van der Waals surface area (Å²) in [6.07, 6.45) is 0. The number of hydrogen-bond donors (Lipinski definition) is 1. The second-order valence-electron chi connectivity index (χ2n) is 4.19. The van der Waals surface area contributed by atoms with Crippen LogP contribution < -0.4 is 10.5 Å². The highest BCUT2D eigenvalue weighted by Gasteiger charge is 2.43. The lowest BCUT2D eigenvalue weighted by Crippen LogP contribution is -2.63. The number of nitrogens with zero attached hydrogens (tertiary/aromatic N) is 1. The van der Waals surface area contributed by atoms with Crippen LogP contribution in [-0.4, -0.2) is 43.9 Å². The van der Waals surface area contributed by atoms with Crippen molar-refractivity contribution in [3.63, 3.8) is 0 Å². The zero-order valence-electron chi connectivity index (χ0n) is 9.29. The highest BCUT2D eigenvalue weighted by Crippen LogP contribution is 2.23. The zero-order valence-corrected chi connectivity index (χ0v) is 11.8. The molecule has 1 aliphatic rings. The Morgan fingerprint density at radius 3 is 2.62 bits per heavy atom. The summed E-state index contributed by atoms with van der Waals surface area (Å²) >= 11 is 13.3. The molecule has 16 heavy (non-hydrogen) atoms. The van der Waals surface area contributed by atoms with E-state index in [-0.39, 0.29) is 5.67 Å². The number of piperazine rings is 1. The van der Waals surface area contributed by atoms with Gasteiger partial charge in [-0.25, -0.2) is 0 Å². The van der Waals surface area contributed by atoms with E-state index in [4.69, 9.17) is 22.2 Å². The van der Waals surface area contributed by atoms with Crippen LogP contribution in [0.2, 0.25) is 0 Å². The van der Waals surface area contributed by atoms with Gasteiger partial charge in [-0.05, 0) is 12.2 Å². The molecular weight excluding hydrogens is 259 g/mol. The molecule has 1 aromatic rings. The van der Waals surface area contributed by atoms with E-state index in [0.717, 1.165) is 24.8 Å². The van der Waals surface area contributed by atoms with Crippen LogP contribution in [0.4, 0.5) is 0 Å². The molecule has 88 valence electrons. The normalized spacial score (nSPS) is 23.3. The highest BCUT2D eigenvalue weighted by molar-refractivity contribution is 7.51. The minimum absolute atomic E-state index is 0.243. The summed E-state index contributed by atoms with van der Waals surface area (Å²) in [6.45, 7) is 0.465. The van der Waals surface area contributed by atoms with Crippen LogP contribution in [0.3, 0.4) is 0 Å². The molecule has 1 unspecified atom stereocenters. The van der Waals surface area contributed by atoms with Crippen LogP contribution in [0.1, 0.15) is 0 Å². The number of benzene rings is 1. The largest absolute Gasteiger partial charge is 0.314 e. The van der Waals surface area contributed by atoms with Gasteiger partial charge in [0.05, 0.1) is 0 Å². The maximum absolute atomic E-state index is 6.66. The first-order valence-corrected chi connectivity index (χ1v) is 9.57. The molecule has 1 atom stereocenters. The van der Waals surface area contributed by atoms with Crippen molar-refractivity contribution in [2.75, 3.05) is 26.7 Å². The summed E-state index contributed by atoms with van der Waals surface area (Å²) in [5, 5.41) is 4.46. The van der Waals surface area contributed by atoms with Crippen LogP contribution in [0.15, 0.2) is 30.3 Å². The van der Waals surface area contributed by atoms with Crippen LogP contribution in [-0.2, 0) is 0 Å². The molecule has 1 fully saturated rings. The number of rotatable bonds is 2. The molecule has 1 heterocycles. The van der Waals surface area contributed by atoms with Gasteiger partial charge < -0.3 is 10.2 Å². The van der Waals surface area contributed by atoms with Gasteiger partial charge in [-0.1, -0.05) is 30.3 Å². The molecule has 0 saturated carbocycles. The molecule has 0 aromatic heterocycles. The molecule has 2 nitrogen and oxygen atoms in total. The molecule has 1 N–H and O–H groups in total. The lowest BCUT2D eigenvalue weighted by atomic mass is 10.4. The number of halogens is 2. The third kappa shape index (κ3) is 2.44. The van der Waals surface area contributed by atoms with E-state index in [1.165, 1.54) is 0 Å². The molecule has 0 amide bonds. The molecule has 0 spiro atoms. The fourth-order valence-corrected chi connectivity index (χ4v) is 6.39. The minimum atomic E-state index is -2.43. The molecule has 0 aliphatic carbocycles. The van der Waals surface area contributed by atoms with Crippen molar-refractivity contribution in [3.8, 4) is 0 Å². The Labute approximate surface area is 107 Å². The predicted octanol–water partition coefficient (Wildman–Crippen LogP) is 1.26. The minimum Gasteiger partial charge on any atom is -0.314 e. The summed E-state index contributed by atoms with van der Waals surface area (Å²) < 4.78 is 0. The quantitative estimate of drug-likeness (QED) is 0.645. The maximum Gasteiger partial charge on any atom is 0.298 e. The van der Waals surface area contributed by atoms with Crippen molar-refractivity contribution in [2.24, 2.45) is 0 Å². The third-order valence-corrected chi connectivity index (χ3v) is 8.49. The summed E-state index contributed by atoms with van der Waals surface area (Å²) in [6, 6.07) is 10.1. The molecule has 1 aromatic carbocycles. The standard InChI is InChI=1S/C11H16Cl2N2Si/c1-15-8-7-14-9-11(15)16(12,13)10-5-3-2-4-6-10/h2-6,11,14H,7-9H2,1H3. The molecule has 0 bridgehead atoms. The molecule has 1 saturated heterocycles. The SMILES string of the molecule is CN1CCNCC1[Si](Cl)(Cl)c1ccccc1. The van der Waals surface area contributed by atoms with Gasteiger partial charge in [0.2, 0.25) is 0 Å². The Hall–Kier alpha value is -0.0631. The Bertz CT molecular complexity index is 345. The summed E-state index contributed by atoms with van der Waals surface area (Å²) in [7, 11) is 2.10. The van der Waals surface area contributed by atoms with E-state index in [1.54, 1.807) is 0 Å². The summed E-state index contributed by atoms with van der Waals surface area (Å²) in [5.74, 6) is 0. The van der Waals surface area contributed by atoms with Crippen LogP contribution in [0.25, 0.3) is 0 Å². The van der Waals surface area contributed by atoms with E-state index >= 15 is 0 Å². The second-order valence-corrected chi connectivity index (χ2v) is 10.8. The first-order valence-electron chi connectivity index (χ1n) is 5.46. The fourth-order valence-electron chi connectivity index (χ4n) is 2.06. The lowest BCUT2D eigenvalue weighted by molar-refractivity contribution is 0.256. The Balaban J connectivity index is 2.23. The number of nitrogens with one attached hydrogen (secondary N) is 1. The van der Waals surface area contributed by atoms with Gasteiger partial charge in [-0.3, -0.25) is 0 Å². The smallest absolute Gasteiger partial charge is 0.298 e.